The van der Waals surface area contributed by atoms with E-state index in [-0.39, 0.29) is 22.1 Å². The lowest BCUT2D eigenvalue weighted by molar-refractivity contribution is -0.137. The minimum atomic E-state index is -4.48. The van der Waals surface area contributed by atoms with Gasteiger partial charge in [-0.1, -0.05) is 11.6 Å². The monoisotopic (exact) mass is 316 g/mol. The highest BCUT2D eigenvalue weighted by Crippen LogP contribution is 2.34. The molecule has 1 aromatic heterocycles. The molecular formula is C13H8ClF3N2O2. The number of pyridine rings is 1. The summed E-state index contributed by atoms with van der Waals surface area (Å²) in [4.78, 5) is 14.7. The van der Waals surface area contributed by atoms with Gasteiger partial charge >= 0.3 is 12.1 Å². The molecule has 0 spiro atoms. The zero-order valence-electron chi connectivity index (χ0n) is 10.3. The summed E-state index contributed by atoms with van der Waals surface area (Å²) >= 11 is 5.78. The predicted octanol–water partition coefficient (Wildman–Crippen LogP) is 4.20. The van der Waals surface area contributed by atoms with Crippen LogP contribution in [0, 0.1) is 0 Å². The van der Waals surface area contributed by atoms with Gasteiger partial charge in [0.25, 0.3) is 0 Å². The third-order valence-corrected chi connectivity index (χ3v) is 2.88. The van der Waals surface area contributed by atoms with Gasteiger partial charge in [-0.3, -0.25) is 0 Å². The number of anilines is 2. The van der Waals surface area contributed by atoms with Crippen LogP contribution in [0.4, 0.5) is 24.7 Å². The zero-order chi connectivity index (χ0) is 15.6. The number of benzene rings is 1. The maximum atomic E-state index is 12.5. The molecule has 0 amide bonds. The van der Waals surface area contributed by atoms with E-state index in [0.29, 0.717) is 0 Å². The minimum Gasteiger partial charge on any atom is -0.478 e. The molecule has 0 radical (unpaired) electrons. The molecule has 2 rings (SSSR count). The lowest BCUT2D eigenvalue weighted by atomic mass is 10.2. The molecule has 4 nitrogen and oxygen atoms in total. The van der Waals surface area contributed by atoms with Crippen molar-refractivity contribution >= 4 is 29.1 Å². The fourth-order valence-electron chi connectivity index (χ4n) is 1.56. The van der Waals surface area contributed by atoms with Gasteiger partial charge in [0, 0.05) is 6.20 Å². The second-order valence-electron chi connectivity index (χ2n) is 4.05. The van der Waals surface area contributed by atoms with Gasteiger partial charge in [0.1, 0.15) is 5.82 Å². The number of hydrogen-bond donors (Lipinski definition) is 2. The largest absolute Gasteiger partial charge is 0.478 e. The second kappa shape index (κ2) is 5.61. The Kier molecular flexibility index (Phi) is 4.04. The highest BCUT2D eigenvalue weighted by molar-refractivity contribution is 6.33. The number of aromatic nitrogens is 1. The molecule has 0 aliphatic heterocycles. The molecule has 2 N–H and O–H groups in total. The normalized spacial score (nSPS) is 11.2. The van der Waals surface area contributed by atoms with Crippen LogP contribution in [-0.2, 0) is 6.18 Å². The number of halogens is 4. The second-order valence-corrected chi connectivity index (χ2v) is 4.46. The van der Waals surface area contributed by atoms with E-state index in [2.05, 4.69) is 10.3 Å². The van der Waals surface area contributed by atoms with Crippen LogP contribution in [0.5, 0.6) is 0 Å². The summed E-state index contributed by atoms with van der Waals surface area (Å²) in [6.45, 7) is 0. The van der Waals surface area contributed by atoms with Gasteiger partial charge in [-0.05, 0) is 30.3 Å². The summed E-state index contributed by atoms with van der Waals surface area (Å²) in [5.41, 5.74) is -0.680. The average Bonchev–Trinajstić information content (AvgIpc) is 2.40. The Balaban J connectivity index is 2.28. The first-order valence-corrected chi connectivity index (χ1v) is 5.98. The summed E-state index contributed by atoms with van der Waals surface area (Å²) in [7, 11) is 0. The highest BCUT2D eigenvalue weighted by Gasteiger charge is 2.30. The van der Waals surface area contributed by atoms with Crippen LogP contribution in [0.3, 0.4) is 0 Å². The Hall–Kier alpha value is -2.28. The molecule has 0 bridgehead atoms. The quantitative estimate of drug-likeness (QED) is 0.891. The Bertz CT molecular complexity index is 689. The molecule has 0 atom stereocenters. The summed E-state index contributed by atoms with van der Waals surface area (Å²) in [6.07, 6.45) is -3.21. The van der Waals surface area contributed by atoms with Crippen LogP contribution in [0.25, 0.3) is 0 Å². The maximum Gasteiger partial charge on any atom is 0.416 e. The van der Waals surface area contributed by atoms with Crippen LogP contribution in [-0.4, -0.2) is 16.1 Å². The fourth-order valence-corrected chi connectivity index (χ4v) is 1.79. The summed E-state index contributed by atoms with van der Waals surface area (Å²) in [5, 5.41) is 11.4. The molecule has 110 valence electrons. The van der Waals surface area contributed by atoms with Crippen molar-refractivity contribution in [2.45, 2.75) is 6.18 Å². The number of nitrogens with one attached hydrogen (secondary N) is 1. The van der Waals surface area contributed by atoms with Crippen molar-refractivity contribution < 1.29 is 23.1 Å². The van der Waals surface area contributed by atoms with E-state index < -0.39 is 17.7 Å². The number of carbonyl (C=O) groups is 1. The smallest absolute Gasteiger partial charge is 0.416 e. The lowest BCUT2D eigenvalue weighted by Crippen LogP contribution is -2.05. The van der Waals surface area contributed by atoms with Crippen molar-refractivity contribution in [3.05, 3.63) is 52.7 Å². The van der Waals surface area contributed by atoms with Crippen molar-refractivity contribution in [3.8, 4) is 0 Å². The average molecular weight is 317 g/mol. The molecule has 2 aromatic rings. The van der Waals surface area contributed by atoms with E-state index in [0.717, 1.165) is 18.2 Å². The number of rotatable bonds is 3. The van der Waals surface area contributed by atoms with Gasteiger partial charge in [-0.2, -0.15) is 13.2 Å². The first-order chi connectivity index (χ1) is 9.77. The van der Waals surface area contributed by atoms with Crippen LogP contribution >= 0.6 is 11.6 Å². The van der Waals surface area contributed by atoms with Gasteiger partial charge in [0.15, 0.2) is 0 Å². The van der Waals surface area contributed by atoms with Crippen molar-refractivity contribution in [2.75, 3.05) is 5.32 Å². The summed E-state index contributed by atoms with van der Waals surface area (Å²) in [5.74, 6) is -0.976. The molecule has 0 aliphatic carbocycles. The molecular weight excluding hydrogens is 309 g/mol. The molecule has 0 saturated heterocycles. The Morgan fingerprint density at radius 1 is 1.24 bits per heavy atom. The molecule has 1 aromatic carbocycles. The summed E-state index contributed by atoms with van der Waals surface area (Å²) in [6, 6.07) is 5.35. The van der Waals surface area contributed by atoms with E-state index >= 15 is 0 Å². The van der Waals surface area contributed by atoms with Gasteiger partial charge < -0.3 is 10.4 Å². The van der Waals surface area contributed by atoms with Crippen molar-refractivity contribution in [1.82, 2.24) is 4.98 Å². The molecule has 0 saturated carbocycles. The standard InChI is InChI=1S/C13H8ClF3N2O2/c14-9-6-8(13(15,16)17)1-2-10(9)19-11-5-7(12(20)21)3-4-18-11/h1-6H,(H,18,19)(H,20,21). The van der Waals surface area contributed by atoms with E-state index in [1.165, 1.54) is 18.3 Å². The van der Waals surface area contributed by atoms with Crippen molar-refractivity contribution in [1.29, 1.82) is 0 Å². The number of carboxylic acids is 1. The van der Waals surface area contributed by atoms with Crippen molar-refractivity contribution in [3.63, 3.8) is 0 Å². The third-order valence-electron chi connectivity index (χ3n) is 2.57. The first kappa shape index (κ1) is 15.1. The van der Waals surface area contributed by atoms with Gasteiger partial charge in [-0.25, -0.2) is 9.78 Å². The minimum absolute atomic E-state index is 0.00414. The Morgan fingerprint density at radius 2 is 1.95 bits per heavy atom. The third kappa shape index (κ3) is 3.63. The molecule has 0 fully saturated rings. The fraction of sp³-hybridized carbons (Fsp3) is 0.0769. The zero-order valence-corrected chi connectivity index (χ0v) is 11.0. The molecule has 8 heteroatoms. The molecule has 21 heavy (non-hydrogen) atoms. The predicted molar refractivity (Wildman–Crippen MR) is 70.9 cm³/mol. The highest BCUT2D eigenvalue weighted by atomic mass is 35.5. The number of nitrogens with zero attached hydrogens (tertiary/aromatic N) is 1. The number of carboxylic acid groups (broad SMARTS) is 1. The van der Waals surface area contributed by atoms with Gasteiger partial charge in [0.2, 0.25) is 0 Å². The van der Waals surface area contributed by atoms with E-state index in [1.807, 2.05) is 0 Å². The number of aromatic carboxylic acids is 1. The molecule has 0 aliphatic rings. The van der Waals surface area contributed by atoms with Crippen molar-refractivity contribution in [2.24, 2.45) is 0 Å². The Morgan fingerprint density at radius 3 is 2.52 bits per heavy atom. The molecule has 1 heterocycles. The molecule has 0 unspecified atom stereocenters. The van der Waals surface area contributed by atoms with Crippen LogP contribution < -0.4 is 5.32 Å². The Labute approximate surface area is 122 Å². The van der Waals surface area contributed by atoms with E-state index in [1.54, 1.807) is 0 Å². The van der Waals surface area contributed by atoms with Gasteiger partial charge in [0.05, 0.1) is 21.8 Å². The number of hydrogen-bond acceptors (Lipinski definition) is 3. The van der Waals surface area contributed by atoms with E-state index in [4.69, 9.17) is 16.7 Å². The topological polar surface area (TPSA) is 62.2 Å². The lowest BCUT2D eigenvalue weighted by Gasteiger charge is -2.11. The first-order valence-electron chi connectivity index (χ1n) is 5.60. The van der Waals surface area contributed by atoms with Crippen LogP contribution in [0.2, 0.25) is 5.02 Å². The summed E-state index contributed by atoms with van der Waals surface area (Å²) < 4.78 is 37.5. The maximum absolute atomic E-state index is 12.5. The van der Waals surface area contributed by atoms with E-state index in [9.17, 15) is 18.0 Å². The van der Waals surface area contributed by atoms with Crippen LogP contribution in [0.15, 0.2) is 36.5 Å². The van der Waals surface area contributed by atoms with Crippen LogP contribution in [0.1, 0.15) is 15.9 Å². The SMILES string of the molecule is O=C(O)c1ccnc(Nc2ccc(C(F)(F)F)cc2Cl)c1. The number of alkyl halides is 3. The van der Waals surface area contributed by atoms with Gasteiger partial charge in [-0.15, -0.1) is 0 Å².